The van der Waals surface area contributed by atoms with Crippen molar-refractivity contribution in [3.05, 3.63) is 82.1 Å². The van der Waals surface area contributed by atoms with E-state index in [2.05, 4.69) is 21.7 Å². The Morgan fingerprint density at radius 3 is 2.27 bits per heavy atom. The van der Waals surface area contributed by atoms with Crippen LogP contribution >= 0.6 is 23.2 Å². The SMILES string of the molecule is N#Cc1ccc(Nc2ccnc(C(=O)Nc3cc(Cl)cc(Cl)c3)c2)cc1. The highest BCUT2D eigenvalue weighted by Crippen LogP contribution is 2.23. The van der Waals surface area contributed by atoms with Crippen molar-refractivity contribution in [2.24, 2.45) is 0 Å². The number of nitrogens with one attached hydrogen (secondary N) is 2. The van der Waals surface area contributed by atoms with Crippen LogP contribution in [0.3, 0.4) is 0 Å². The van der Waals surface area contributed by atoms with Crippen LogP contribution in [0.4, 0.5) is 17.1 Å². The highest BCUT2D eigenvalue weighted by atomic mass is 35.5. The maximum atomic E-state index is 12.4. The van der Waals surface area contributed by atoms with Gasteiger partial charge in [-0.3, -0.25) is 9.78 Å². The molecule has 3 rings (SSSR count). The molecule has 0 spiro atoms. The summed E-state index contributed by atoms with van der Waals surface area (Å²) in [6.45, 7) is 0. The number of carbonyl (C=O) groups excluding carboxylic acids is 1. The third kappa shape index (κ3) is 4.51. The molecule has 5 nitrogen and oxygen atoms in total. The van der Waals surface area contributed by atoms with Crippen molar-refractivity contribution in [3.8, 4) is 6.07 Å². The van der Waals surface area contributed by atoms with Crippen LogP contribution in [-0.4, -0.2) is 10.9 Å². The zero-order valence-corrected chi connectivity index (χ0v) is 14.8. The lowest BCUT2D eigenvalue weighted by Gasteiger charge is -2.09. The Kier molecular flexibility index (Phi) is 5.37. The monoisotopic (exact) mass is 382 g/mol. The first-order chi connectivity index (χ1) is 12.5. The quantitative estimate of drug-likeness (QED) is 0.645. The van der Waals surface area contributed by atoms with Crippen molar-refractivity contribution in [1.29, 1.82) is 5.26 Å². The minimum absolute atomic E-state index is 0.236. The van der Waals surface area contributed by atoms with Crippen LogP contribution in [-0.2, 0) is 0 Å². The number of anilines is 3. The second-order valence-corrected chi connectivity index (χ2v) is 6.23. The first-order valence-electron chi connectivity index (χ1n) is 7.54. The van der Waals surface area contributed by atoms with Gasteiger partial charge < -0.3 is 10.6 Å². The van der Waals surface area contributed by atoms with Gasteiger partial charge in [0.15, 0.2) is 0 Å². The molecule has 0 saturated carbocycles. The number of pyridine rings is 1. The Bertz CT molecular complexity index is 977. The first-order valence-corrected chi connectivity index (χ1v) is 8.30. The normalized spacial score (nSPS) is 10.0. The van der Waals surface area contributed by atoms with E-state index in [9.17, 15) is 4.79 Å². The van der Waals surface area contributed by atoms with Crippen molar-refractivity contribution in [3.63, 3.8) is 0 Å². The predicted molar refractivity (Wildman–Crippen MR) is 103 cm³/mol. The van der Waals surface area contributed by atoms with Gasteiger partial charge in [-0.2, -0.15) is 5.26 Å². The van der Waals surface area contributed by atoms with Crippen molar-refractivity contribution in [2.75, 3.05) is 10.6 Å². The van der Waals surface area contributed by atoms with E-state index >= 15 is 0 Å². The minimum Gasteiger partial charge on any atom is -0.355 e. The maximum Gasteiger partial charge on any atom is 0.274 e. The molecule has 2 aromatic carbocycles. The Labute approximate surface area is 160 Å². The zero-order valence-electron chi connectivity index (χ0n) is 13.3. The second-order valence-electron chi connectivity index (χ2n) is 5.36. The highest BCUT2D eigenvalue weighted by Gasteiger charge is 2.10. The van der Waals surface area contributed by atoms with Gasteiger partial charge in [0.2, 0.25) is 0 Å². The van der Waals surface area contributed by atoms with Gasteiger partial charge in [0.25, 0.3) is 5.91 Å². The van der Waals surface area contributed by atoms with Crippen molar-refractivity contribution < 1.29 is 4.79 Å². The third-order valence-corrected chi connectivity index (χ3v) is 3.85. The van der Waals surface area contributed by atoms with E-state index in [1.54, 1.807) is 54.6 Å². The van der Waals surface area contributed by atoms with Gasteiger partial charge >= 0.3 is 0 Å². The summed E-state index contributed by atoms with van der Waals surface area (Å²) in [5, 5.41) is 15.6. The Hall–Kier alpha value is -3.07. The summed E-state index contributed by atoms with van der Waals surface area (Å²) in [6, 6.07) is 17.2. The molecular weight excluding hydrogens is 371 g/mol. The van der Waals surface area contributed by atoms with E-state index in [0.717, 1.165) is 5.69 Å². The largest absolute Gasteiger partial charge is 0.355 e. The molecule has 0 aliphatic carbocycles. The van der Waals surface area contributed by atoms with Gasteiger partial charge in [0.1, 0.15) is 5.69 Å². The molecule has 26 heavy (non-hydrogen) atoms. The highest BCUT2D eigenvalue weighted by molar-refractivity contribution is 6.35. The Morgan fingerprint density at radius 1 is 0.923 bits per heavy atom. The number of nitrogens with zero attached hydrogens (tertiary/aromatic N) is 2. The number of carbonyl (C=O) groups is 1. The number of hydrogen-bond acceptors (Lipinski definition) is 4. The number of amides is 1. The molecule has 0 aliphatic heterocycles. The lowest BCUT2D eigenvalue weighted by atomic mass is 10.2. The van der Waals surface area contributed by atoms with E-state index in [1.807, 2.05) is 0 Å². The Balaban J connectivity index is 1.75. The molecule has 0 fully saturated rings. The van der Waals surface area contributed by atoms with Gasteiger partial charge in [-0.05, 0) is 54.6 Å². The molecule has 3 aromatic rings. The predicted octanol–water partition coefficient (Wildman–Crippen LogP) is 5.26. The Morgan fingerprint density at radius 2 is 1.62 bits per heavy atom. The van der Waals surface area contributed by atoms with E-state index in [0.29, 0.717) is 27.0 Å². The summed E-state index contributed by atoms with van der Waals surface area (Å²) < 4.78 is 0. The number of halogens is 2. The topological polar surface area (TPSA) is 77.8 Å². The van der Waals surface area contributed by atoms with Crippen LogP contribution in [0.2, 0.25) is 10.0 Å². The van der Waals surface area contributed by atoms with Crippen LogP contribution in [0, 0.1) is 11.3 Å². The minimum atomic E-state index is -0.383. The first kappa shape index (κ1) is 17.7. The third-order valence-electron chi connectivity index (χ3n) is 3.42. The number of rotatable bonds is 4. The summed E-state index contributed by atoms with van der Waals surface area (Å²) >= 11 is 11.9. The molecule has 0 atom stereocenters. The van der Waals surface area contributed by atoms with Crippen LogP contribution in [0.15, 0.2) is 60.8 Å². The molecule has 0 aliphatic rings. The van der Waals surface area contributed by atoms with Crippen LogP contribution in [0.25, 0.3) is 0 Å². The molecule has 2 N–H and O–H groups in total. The lowest BCUT2D eigenvalue weighted by molar-refractivity contribution is 0.102. The molecule has 7 heteroatoms. The molecule has 1 heterocycles. The van der Waals surface area contributed by atoms with E-state index in [4.69, 9.17) is 28.5 Å². The van der Waals surface area contributed by atoms with Gasteiger partial charge in [0.05, 0.1) is 11.6 Å². The van der Waals surface area contributed by atoms with Crippen molar-refractivity contribution in [2.45, 2.75) is 0 Å². The van der Waals surface area contributed by atoms with Crippen molar-refractivity contribution >= 4 is 46.2 Å². The van der Waals surface area contributed by atoms with E-state index in [-0.39, 0.29) is 11.6 Å². The van der Waals surface area contributed by atoms with Crippen molar-refractivity contribution in [1.82, 2.24) is 4.98 Å². The van der Waals surface area contributed by atoms with Crippen LogP contribution < -0.4 is 10.6 Å². The molecule has 0 saturated heterocycles. The van der Waals surface area contributed by atoms with Gasteiger partial charge in [-0.25, -0.2) is 0 Å². The molecule has 1 aromatic heterocycles. The van der Waals surface area contributed by atoms with E-state index < -0.39 is 0 Å². The summed E-state index contributed by atoms with van der Waals surface area (Å²) in [5.41, 5.74) is 2.78. The zero-order chi connectivity index (χ0) is 18.5. The number of nitriles is 1. The fourth-order valence-corrected chi connectivity index (χ4v) is 2.77. The lowest BCUT2D eigenvalue weighted by Crippen LogP contribution is -2.13. The van der Waals surface area contributed by atoms with E-state index in [1.165, 1.54) is 6.20 Å². The molecular formula is C19H12Cl2N4O. The van der Waals surface area contributed by atoms with Gasteiger partial charge in [-0.1, -0.05) is 23.2 Å². The average Bonchev–Trinajstić information content (AvgIpc) is 2.62. The molecule has 128 valence electrons. The molecule has 0 radical (unpaired) electrons. The smallest absolute Gasteiger partial charge is 0.274 e. The fourth-order valence-electron chi connectivity index (χ4n) is 2.25. The van der Waals surface area contributed by atoms with Crippen LogP contribution in [0.5, 0.6) is 0 Å². The summed E-state index contributed by atoms with van der Waals surface area (Å²) in [5.74, 6) is -0.383. The number of hydrogen-bond donors (Lipinski definition) is 2. The summed E-state index contributed by atoms with van der Waals surface area (Å²) in [6.07, 6.45) is 1.53. The number of aromatic nitrogens is 1. The maximum absolute atomic E-state index is 12.4. The molecule has 0 bridgehead atoms. The standard InChI is InChI=1S/C19H12Cl2N4O/c20-13-7-14(21)9-17(8-13)25-19(26)18-10-16(5-6-23-18)24-15-3-1-12(11-22)2-4-15/h1-10H,(H,23,24)(H,25,26). The van der Waals surface area contributed by atoms with Gasteiger partial charge in [-0.15, -0.1) is 0 Å². The molecule has 0 unspecified atom stereocenters. The molecule has 1 amide bonds. The summed E-state index contributed by atoms with van der Waals surface area (Å²) in [7, 11) is 0. The van der Waals surface area contributed by atoms with Gasteiger partial charge in [0, 0.05) is 33.3 Å². The fraction of sp³-hybridized carbons (Fsp3) is 0. The van der Waals surface area contributed by atoms with Crippen LogP contribution in [0.1, 0.15) is 16.1 Å². The second kappa shape index (κ2) is 7.87. The summed E-state index contributed by atoms with van der Waals surface area (Å²) in [4.78, 5) is 16.5. The average molecular weight is 383 g/mol. The number of benzene rings is 2.